The van der Waals surface area contributed by atoms with Gasteiger partial charge in [0.25, 0.3) is 0 Å². The van der Waals surface area contributed by atoms with Crippen molar-refractivity contribution >= 4 is 89.6 Å². The number of rotatable bonds is 6. The molecule has 8 aromatic carbocycles. The van der Waals surface area contributed by atoms with E-state index in [1.807, 2.05) is 212 Å². The molecular formula is C114H150N8O2. The van der Waals surface area contributed by atoms with E-state index in [0.717, 1.165) is 131 Å². The second-order valence-electron chi connectivity index (χ2n) is 40.6. The number of fused-ring (bicyclic) bond motifs is 8. The van der Waals surface area contributed by atoms with Crippen LogP contribution in [0.2, 0.25) is 0 Å². The predicted molar refractivity (Wildman–Crippen MR) is 534 cm³/mol. The van der Waals surface area contributed by atoms with E-state index in [4.69, 9.17) is 33.5 Å². The molecule has 7 aliphatic rings. The summed E-state index contributed by atoms with van der Waals surface area (Å²) in [6.45, 7) is 45.2. The van der Waals surface area contributed by atoms with E-state index in [0.29, 0.717) is 11.6 Å². The first-order valence-electron chi connectivity index (χ1n) is 54.2. The Labute approximate surface area is 772 Å². The Bertz CT molecular complexity index is 6550. The van der Waals surface area contributed by atoms with Crippen LogP contribution < -0.4 is 29.4 Å². The summed E-state index contributed by atoms with van der Waals surface area (Å²) in [7, 11) is 0. The Kier molecular flexibility index (Phi) is 18.7. The van der Waals surface area contributed by atoms with Gasteiger partial charge < -0.3 is 38.2 Å². The van der Waals surface area contributed by atoms with Crippen LogP contribution in [0, 0.1) is 70.1 Å². The second-order valence-corrected chi connectivity index (χ2v) is 40.6. The van der Waals surface area contributed by atoms with Crippen LogP contribution in [0.3, 0.4) is 0 Å². The molecule has 12 aromatic rings. The molecule has 10 atom stereocenters. The fourth-order valence-electron chi connectivity index (χ4n) is 22.4. The zero-order valence-corrected chi connectivity index (χ0v) is 79.2. The van der Waals surface area contributed by atoms with Gasteiger partial charge in [-0.25, -0.2) is 9.97 Å². The molecule has 1 aliphatic carbocycles. The molecule has 5 fully saturated rings. The van der Waals surface area contributed by atoms with Crippen molar-refractivity contribution in [3.05, 3.63) is 251 Å². The van der Waals surface area contributed by atoms with Crippen LogP contribution in [0.4, 0.5) is 45.6 Å². The molecule has 1 spiro atoms. The number of nitrogens with zero attached hydrogens (tertiary/aromatic N) is 8. The quantitative estimate of drug-likeness (QED) is 0.161. The molecule has 4 aromatic heterocycles. The summed E-state index contributed by atoms with van der Waals surface area (Å²) < 4.78 is 163. The third-order valence-corrected chi connectivity index (χ3v) is 29.2. The van der Waals surface area contributed by atoms with Crippen LogP contribution in [0.1, 0.15) is 298 Å². The molecular weight excluding hydrogens is 1510 g/mol. The molecule has 4 unspecified atom stereocenters. The molecule has 658 valence electrons. The molecule has 10 heteroatoms. The van der Waals surface area contributed by atoms with Gasteiger partial charge in [0.05, 0.1) is 11.4 Å². The van der Waals surface area contributed by atoms with Crippen LogP contribution >= 0.6 is 0 Å². The predicted octanol–water partition coefficient (Wildman–Crippen LogP) is 31.0. The normalized spacial score (nSPS) is 30.1. The van der Waals surface area contributed by atoms with Crippen molar-refractivity contribution in [1.82, 2.24) is 9.97 Å². The Morgan fingerprint density at radius 2 is 0.766 bits per heavy atom. The van der Waals surface area contributed by atoms with E-state index in [1.165, 1.54) is 41.8 Å². The first kappa shape index (κ1) is 69.6. The fourth-order valence-corrected chi connectivity index (χ4v) is 22.4. The number of aryl methyl sites for hydroxylation is 7. The Morgan fingerprint density at radius 3 is 1.29 bits per heavy atom. The largest absolute Gasteiger partial charge is 0.454 e. The first-order valence-corrected chi connectivity index (χ1v) is 45.2. The number of aromatic nitrogens is 2. The Hall–Kier alpha value is -9.54. The molecule has 1 saturated carbocycles. The maximum absolute atomic E-state index is 9.04. The number of pyridine rings is 2. The van der Waals surface area contributed by atoms with Gasteiger partial charge in [0.2, 0.25) is 5.71 Å². The molecule has 124 heavy (non-hydrogen) atoms. The lowest BCUT2D eigenvalue weighted by Crippen LogP contribution is -2.44. The topological polar surface area (TPSA) is 71.5 Å². The summed E-state index contributed by atoms with van der Waals surface area (Å²) in [6.07, 6.45) is 3.51. The van der Waals surface area contributed by atoms with Crippen LogP contribution in [-0.2, 0) is 10.8 Å². The van der Waals surface area contributed by atoms with Crippen LogP contribution in [0.5, 0.6) is 0 Å². The highest BCUT2D eigenvalue weighted by Crippen LogP contribution is 2.59. The second kappa shape index (κ2) is 33.3. The maximum Gasteiger partial charge on any atom is 0.227 e. The molecule has 6 aliphatic heterocycles. The summed E-state index contributed by atoms with van der Waals surface area (Å²) in [6, 6.07) is 63.7. The number of hydrogen-bond donors (Lipinski definition) is 0. The monoisotopic (exact) mass is 1680 g/mol. The van der Waals surface area contributed by atoms with Gasteiger partial charge in [0.1, 0.15) is 11.4 Å². The van der Waals surface area contributed by atoms with Crippen LogP contribution in [0.25, 0.3) is 44.0 Å². The fraction of sp³-hybridized carbons (Fsp3) is 0.491. The van der Waals surface area contributed by atoms with Gasteiger partial charge in [-0.2, -0.15) is 0 Å². The zero-order valence-electron chi connectivity index (χ0n) is 97.2. The van der Waals surface area contributed by atoms with Gasteiger partial charge in [-0.15, -0.1) is 0 Å². The highest BCUT2D eigenvalue weighted by Gasteiger charge is 2.56. The van der Waals surface area contributed by atoms with E-state index < -0.39 is 96.9 Å². The lowest BCUT2D eigenvalue weighted by Gasteiger charge is -2.41. The summed E-state index contributed by atoms with van der Waals surface area (Å²) >= 11 is 0. The minimum atomic E-state index is -2.46. The lowest BCUT2D eigenvalue weighted by molar-refractivity contribution is 0.170. The summed E-state index contributed by atoms with van der Waals surface area (Å²) in [5.74, 6) is 0.753. The van der Waals surface area contributed by atoms with E-state index in [-0.39, 0.29) is 34.5 Å². The number of furan rings is 2. The molecule has 0 N–H and O–H groups in total. The van der Waals surface area contributed by atoms with Crippen LogP contribution in [0.15, 0.2) is 209 Å². The number of anilines is 8. The van der Waals surface area contributed by atoms with Crippen molar-refractivity contribution in [2.24, 2.45) is 21.7 Å². The van der Waals surface area contributed by atoms with Gasteiger partial charge >= 0.3 is 0 Å². The van der Waals surface area contributed by atoms with Gasteiger partial charge in [-0.3, -0.25) is 0 Å². The SMILES string of the molecule is Cc1ccc2c(n1)oc1c(N3[C@@H](C)C(C)(C)CC3(C)C)c(C)ccc12.[2H]C([2H])([2H])C1(C)[C@H](C)N(c2c(C)ccc3c2oc2ccccc23)C(C)(C)C1([2H])[2H].[2H]C([2H])([2H])C1(C)[C@H](C)N(c2ccccc2C)C(C)(C)C1([2H])[2H].[2H]C([2H])([2H])C1(C)c2ccccc2N(c2ccccc2C)[C@H]1C.[2H]C([2H])([2H])C1(C)c2cccnc2N(c2ccccc2C)[C@H]1C.[2H]C1([2H])C2(CCCCC2)[C@H](C)N(c2ccccc2C)C1(C)C. The highest BCUT2D eigenvalue weighted by molar-refractivity contribution is 6.10. The third-order valence-electron chi connectivity index (χ3n) is 29.2. The molecule has 4 saturated heterocycles. The van der Waals surface area contributed by atoms with Crippen molar-refractivity contribution in [2.45, 2.75) is 341 Å². The van der Waals surface area contributed by atoms with E-state index in [2.05, 4.69) is 166 Å². The minimum absolute atomic E-state index is 0.0876. The van der Waals surface area contributed by atoms with Crippen LogP contribution in [-0.4, -0.2) is 68.4 Å². The van der Waals surface area contributed by atoms with Gasteiger partial charge in [-0.05, 0) is 299 Å². The summed E-state index contributed by atoms with van der Waals surface area (Å²) in [5, 5.41) is 4.21. The van der Waals surface area contributed by atoms with Gasteiger partial charge in [0, 0.05) is 161 Å². The molecule has 0 amide bonds. The minimum Gasteiger partial charge on any atom is -0.454 e. The van der Waals surface area contributed by atoms with Gasteiger partial charge in [-0.1, -0.05) is 228 Å². The van der Waals surface area contributed by atoms with Crippen molar-refractivity contribution in [2.75, 3.05) is 29.4 Å². The zero-order chi connectivity index (χ0) is 105. The number of benzene rings is 8. The summed E-state index contributed by atoms with van der Waals surface area (Å²) in [5.41, 5.74) is 12.6. The first-order chi connectivity index (χ1) is 65.5. The van der Waals surface area contributed by atoms with Crippen molar-refractivity contribution in [3.8, 4) is 0 Å². The van der Waals surface area contributed by atoms with E-state index in [1.54, 1.807) is 47.7 Å². The van der Waals surface area contributed by atoms with Crippen molar-refractivity contribution in [3.63, 3.8) is 0 Å². The summed E-state index contributed by atoms with van der Waals surface area (Å²) in [4.78, 5) is 22.2. The molecule has 0 bridgehead atoms. The molecule has 10 nitrogen and oxygen atoms in total. The average Bonchev–Trinajstić information content (AvgIpc) is 1.53. The van der Waals surface area contributed by atoms with Crippen molar-refractivity contribution in [1.29, 1.82) is 0 Å². The molecule has 0 radical (unpaired) electrons. The Morgan fingerprint density at radius 1 is 0.347 bits per heavy atom. The van der Waals surface area contributed by atoms with Gasteiger partial charge in [0.15, 0.2) is 11.2 Å². The van der Waals surface area contributed by atoms with E-state index in [9.17, 15) is 0 Å². The smallest absolute Gasteiger partial charge is 0.227 e. The molecule has 10 heterocycles. The maximum atomic E-state index is 9.04. The van der Waals surface area contributed by atoms with E-state index >= 15 is 0 Å². The third kappa shape index (κ3) is 16.3. The average molecular weight is 1680 g/mol. The number of para-hydroxylation sites is 6. The standard InChI is InChI=1S/C22H28N2O.C22H27NO.C19H29N.C18H21N.C17H20N2.C16H25N/c1-13-8-10-16-17-11-9-14(2)23-20(17)25-19(16)18(13)24-15(3)21(4,5)12-22(24,6)7;1-14-11-12-17-16-9-7-8-10-18(16)24-20(17)19(14)23-15(2)21(3,4)13-22(23,5)6;1-15-10-6-7-11-17(15)20-16(2)19(14-18(20,3)4)12-8-5-9-13-19;1-13-9-5-7-11-16(13)19-14(2)18(3,4)15-10-6-8-12-17(15)19;1-12-8-5-6-10-15(12)19-13(2)17(3,4)14-9-7-11-18-16(14)19;1-12-9-7-8-10-14(12)17-13(2)15(3,4)11-16(17,5)6/h8-11,15H,12H2,1-7H3;7-12,15H,13H2,1-6H3;6-7,10-11,16H,5,8-9,12-14H2,1-4H3;5-12,14H,1-4H3;5-11,13H,1-4H3;7-10,13H,11H2,1-6H3/t2*15-;16-;14-;2*13-/m000000/s1/i;3D3,13D2;14D2;2*3D3;3D3,11D2/t;15-,21?;m;14-,18?;13-,17?;13-,15?. The molecule has 19 rings (SSSR count). The Balaban J connectivity index is 0.000000136. The lowest BCUT2D eigenvalue weighted by atomic mass is 9.68. The van der Waals surface area contributed by atoms with Crippen molar-refractivity contribution < 1.29 is 33.5 Å². The highest BCUT2D eigenvalue weighted by atomic mass is 16.3. The number of hydrogen-bond acceptors (Lipinski definition) is 10.